The Morgan fingerprint density at radius 1 is 1.53 bits per heavy atom. The lowest BCUT2D eigenvalue weighted by atomic mass is 10.2. The van der Waals surface area contributed by atoms with Crippen molar-refractivity contribution in [1.82, 2.24) is 15.1 Å². The maximum Gasteiger partial charge on any atom is 0.471 e. The van der Waals surface area contributed by atoms with Gasteiger partial charge in [-0.15, -0.1) is 0 Å². The first-order valence-electron chi connectivity index (χ1n) is 4.32. The molecule has 0 aliphatic carbocycles. The predicted octanol–water partition coefficient (Wildman–Crippen LogP) is 0.224. The summed E-state index contributed by atoms with van der Waals surface area (Å²) in [6.45, 7) is 0. The third kappa shape index (κ3) is 2.95. The van der Waals surface area contributed by atoms with Crippen LogP contribution in [0.2, 0.25) is 0 Å². The third-order valence-corrected chi connectivity index (χ3v) is 1.93. The maximum absolute atomic E-state index is 12.0. The van der Waals surface area contributed by atoms with Gasteiger partial charge in [0.1, 0.15) is 0 Å². The zero-order valence-electron chi connectivity index (χ0n) is 8.52. The van der Waals surface area contributed by atoms with E-state index in [1.54, 1.807) is 0 Å². The number of carboxylic acids is 1. The normalized spacial score (nSPS) is 13.2. The van der Waals surface area contributed by atoms with Crippen molar-refractivity contribution in [3.63, 3.8) is 0 Å². The summed E-state index contributed by atoms with van der Waals surface area (Å²) in [5.74, 6) is -3.92. The lowest BCUT2D eigenvalue weighted by molar-refractivity contribution is -0.175. The van der Waals surface area contributed by atoms with Gasteiger partial charge in [-0.3, -0.25) is 9.48 Å². The summed E-state index contributed by atoms with van der Waals surface area (Å²) in [4.78, 5) is 21.4. The number of carboxylic acid groups (broad SMARTS) is 1. The van der Waals surface area contributed by atoms with Crippen molar-refractivity contribution in [3.05, 3.63) is 18.0 Å². The van der Waals surface area contributed by atoms with Crippen LogP contribution in [0.3, 0.4) is 0 Å². The molecule has 94 valence electrons. The minimum atomic E-state index is -5.13. The van der Waals surface area contributed by atoms with Crippen LogP contribution in [-0.4, -0.2) is 32.9 Å². The van der Waals surface area contributed by atoms with Crippen LogP contribution in [0.25, 0.3) is 0 Å². The summed E-state index contributed by atoms with van der Waals surface area (Å²) < 4.78 is 37.0. The summed E-state index contributed by atoms with van der Waals surface area (Å²) in [6, 6.07) is -0.591. The van der Waals surface area contributed by atoms with Gasteiger partial charge in [0, 0.05) is 13.2 Å². The maximum atomic E-state index is 12.0. The Balaban J connectivity index is 2.94. The van der Waals surface area contributed by atoms with Crippen LogP contribution in [0.4, 0.5) is 13.2 Å². The van der Waals surface area contributed by atoms with Gasteiger partial charge in [-0.2, -0.15) is 18.3 Å². The molecule has 1 heterocycles. The van der Waals surface area contributed by atoms with Gasteiger partial charge in [-0.25, -0.2) is 4.79 Å². The van der Waals surface area contributed by atoms with Crippen LogP contribution in [0.5, 0.6) is 0 Å². The number of aromatic nitrogens is 2. The highest BCUT2D eigenvalue weighted by atomic mass is 19.4. The first-order valence-corrected chi connectivity index (χ1v) is 4.32. The fourth-order valence-electron chi connectivity index (χ4n) is 1.14. The molecule has 0 fully saturated rings. The van der Waals surface area contributed by atoms with E-state index in [0.29, 0.717) is 0 Å². The molecule has 1 atom stereocenters. The number of carbonyl (C=O) groups excluding carboxylic acids is 1. The number of rotatable bonds is 3. The van der Waals surface area contributed by atoms with Crippen molar-refractivity contribution in [3.8, 4) is 0 Å². The SMILES string of the molecule is Cn1nccc1C(NC(=O)C(F)(F)F)C(=O)O. The van der Waals surface area contributed by atoms with E-state index in [1.165, 1.54) is 24.6 Å². The minimum absolute atomic E-state index is 0.0601. The molecule has 0 aliphatic heterocycles. The van der Waals surface area contributed by atoms with E-state index in [4.69, 9.17) is 5.11 Å². The van der Waals surface area contributed by atoms with Gasteiger partial charge < -0.3 is 10.4 Å². The predicted molar refractivity (Wildman–Crippen MR) is 47.8 cm³/mol. The number of carbonyl (C=O) groups is 2. The van der Waals surface area contributed by atoms with Crippen LogP contribution >= 0.6 is 0 Å². The van der Waals surface area contributed by atoms with Crippen LogP contribution < -0.4 is 5.32 Å². The smallest absolute Gasteiger partial charge is 0.471 e. The quantitative estimate of drug-likeness (QED) is 0.805. The first-order chi connectivity index (χ1) is 7.73. The number of halogens is 3. The van der Waals surface area contributed by atoms with Crippen molar-refractivity contribution < 1.29 is 27.9 Å². The summed E-state index contributed by atoms with van der Waals surface area (Å²) >= 11 is 0. The molecule has 2 N–H and O–H groups in total. The second-order valence-electron chi connectivity index (χ2n) is 3.12. The standard InChI is InChI=1S/C8H8F3N3O3/c1-14-4(2-3-12-14)5(6(15)16)13-7(17)8(9,10)11/h2-3,5H,1H3,(H,13,17)(H,15,16). The molecule has 1 unspecified atom stereocenters. The highest BCUT2D eigenvalue weighted by Crippen LogP contribution is 2.18. The van der Waals surface area contributed by atoms with Crippen molar-refractivity contribution in [2.45, 2.75) is 12.2 Å². The molecule has 0 aromatic carbocycles. The minimum Gasteiger partial charge on any atom is -0.479 e. The monoisotopic (exact) mass is 251 g/mol. The van der Waals surface area contributed by atoms with Crippen LogP contribution in [0.15, 0.2) is 12.3 Å². The van der Waals surface area contributed by atoms with E-state index in [0.717, 1.165) is 4.68 Å². The Hall–Kier alpha value is -2.06. The average molecular weight is 251 g/mol. The number of aryl methyl sites for hydroxylation is 1. The van der Waals surface area contributed by atoms with Crippen molar-refractivity contribution >= 4 is 11.9 Å². The zero-order chi connectivity index (χ0) is 13.2. The molecule has 1 amide bonds. The number of hydrogen-bond acceptors (Lipinski definition) is 3. The molecule has 0 saturated carbocycles. The molecule has 0 spiro atoms. The lowest BCUT2D eigenvalue weighted by Gasteiger charge is -2.15. The summed E-state index contributed by atoms with van der Waals surface area (Å²) in [7, 11) is 1.35. The topological polar surface area (TPSA) is 84.2 Å². The number of aliphatic carboxylic acids is 1. The molecule has 1 aromatic rings. The molecule has 0 radical (unpaired) electrons. The van der Waals surface area contributed by atoms with E-state index in [-0.39, 0.29) is 5.69 Å². The summed E-state index contributed by atoms with van der Waals surface area (Å²) in [5, 5.41) is 13.7. The average Bonchev–Trinajstić information content (AvgIpc) is 2.58. The molecule has 0 saturated heterocycles. The van der Waals surface area contributed by atoms with E-state index in [2.05, 4.69) is 5.10 Å². The zero-order valence-corrected chi connectivity index (χ0v) is 8.52. The number of alkyl halides is 3. The number of amides is 1. The summed E-state index contributed by atoms with van der Waals surface area (Å²) in [5.41, 5.74) is -0.0601. The Bertz CT molecular complexity index is 441. The second kappa shape index (κ2) is 4.44. The van der Waals surface area contributed by atoms with Gasteiger partial charge in [0.05, 0.1) is 5.69 Å². The van der Waals surface area contributed by atoms with Gasteiger partial charge in [-0.1, -0.05) is 0 Å². The fourth-order valence-corrected chi connectivity index (χ4v) is 1.14. The molecule has 17 heavy (non-hydrogen) atoms. The molecule has 0 aliphatic rings. The Morgan fingerprint density at radius 2 is 2.12 bits per heavy atom. The molecule has 1 rings (SSSR count). The van der Waals surface area contributed by atoms with Crippen molar-refractivity contribution in [1.29, 1.82) is 0 Å². The van der Waals surface area contributed by atoms with Gasteiger partial charge in [-0.05, 0) is 6.07 Å². The molecule has 9 heteroatoms. The molecule has 1 aromatic heterocycles. The van der Waals surface area contributed by atoms with Gasteiger partial charge in [0.25, 0.3) is 0 Å². The highest BCUT2D eigenvalue weighted by Gasteiger charge is 2.41. The van der Waals surface area contributed by atoms with Crippen LogP contribution in [-0.2, 0) is 16.6 Å². The highest BCUT2D eigenvalue weighted by molar-refractivity contribution is 5.87. The van der Waals surface area contributed by atoms with Crippen molar-refractivity contribution in [2.24, 2.45) is 7.05 Å². The number of hydrogen-bond donors (Lipinski definition) is 2. The van der Waals surface area contributed by atoms with Gasteiger partial charge in [0.15, 0.2) is 6.04 Å². The Labute approximate surface area is 93.0 Å². The second-order valence-corrected chi connectivity index (χ2v) is 3.12. The van der Waals surface area contributed by atoms with E-state index in [9.17, 15) is 22.8 Å². The molecule has 6 nitrogen and oxygen atoms in total. The molecular formula is C8H8F3N3O3. The third-order valence-electron chi connectivity index (χ3n) is 1.93. The van der Waals surface area contributed by atoms with E-state index >= 15 is 0 Å². The largest absolute Gasteiger partial charge is 0.479 e. The fraction of sp³-hybridized carbons (Fsp3) is 0.375. The van der Waals surface area contributed by atoms with Gasteiger partial charge in [0.2, 0.25) is 0 Å². The summed E-state index contributed by atoms with van der Waals surface area (Å²) in [6.07, 6.45) is -3.92. The number of nitrogens with zero attached hydrogens (tertiary/aromatic N) is 2. The van der Waals surface area contributed by atoms with Gasteiger partial charge >= 0.3 is 18.1 Å². The number of nitrogens with one attached hydrogen (secondary N) is 1. The van der Waals surface area contributed by atoms with E-state index in [1.807, 2.05) is 0 Å². The van der Waals surface area contributed by atoms with Crippen molar-refractivity contribution in [2.75, 3.05) is 0 Å². The van der Waals surface area contributed by atoms with E-state index < -0.39 is 24.1 Å². The molecule has 0 bridgehead atoms. The first kappa shape index (κ1) is 13.0. The van der Waals surface area contributed by atoms with Crippen LogP contribution in [0, 0.1) is 0 Å². The van der Waals surface area contributed by atoms with Crippen LogP contribution in [0.1, 0.15) is 11.7 Å². The molecular weight excluding hydrogens is 243 g/mol. The lowest BCUT2D eigenvalue weighted by Crippen LogP contribution is -2.42. The Kier molecular flexibility index (Phi) is 3.39. The Morgan fingerprint density at radius 3 is 2.47 bits per heavy atom.